The fourth-order valence-corrected chi connectivity index (χ4v) is 10.6. The fourth-order valence-electron chi connectivity index (χ4n) is 10.6. The third-order valence-corrected chi connectivity index (χ3v) is 13.8. The van der Waals surface area contributed by atoms with Gasteiger partial charge in [-0.05, 0) is 160 Å². The minimum absolute atomic E-state index is 1.10. The first-order valence-electron chi connectivity index (χ1n) is 23.4. The number of anilines is 6. The summed E-state index contributed by atoms with van der Waals surface area (Å²) in [4.78, 5) is 4.76. The van der Waals surface area contributed by atoms with Crippen molar-refractivity contribution in [3.63, 3.8) is 0 Å². The molecule has 0 saturated carbocycles. The number of hydrogen-bond donors (Lipinski definition) is 0. The Labute approximate surface area is 395 Å². The van der Waals surface area contributed by atoms with Crippen molar-refractivity contribution >= 4 is 98.8 Å². The molecule has 0 atom stereocenters. The van der Waals surface area contributed by atoms with Crippen LogP contribution in [0, 0.1) is 0 Å². The van der Waals surface area contributed by atoms with E-state index in [4.69, 9.17) is 0 Å². The minimum Gasteiger partial charge on any atom is -0.310 e. The zero-order valence-corrected chi connectivity index (χ0v) is 37.3. The summed E-state index contributed by atoms with van der Waals surface area (Å²) < 4.78 is 0. The minimum atomic E-state index is 1.10. The predicted molar refractivity (Wildman–Crippen MR) is 292 cm³/mol. The first kappa shape index (κ1) is 39.4. The molecular formula is C66H44N2. The van der Waals surface area contributed by atoms with Crippen molar-refractivity contribution in [3.8, 4) is 22.3 Å². The Morgan fingerprint density at radius 1 is 0.147 bits per heavy atom. The molecule has 0 spiro atoms. The van der Waals surface area contributed by atoms with E-state index in [0.717, 1.165) is 56.4 Å². The molecule has 0 aliphatic rings. The van der Waals surface area contributed by atoms with Gasteiger partial charge in [-0.3, -0.25) is 0 Å². The Morgan fingerprint density at radius 3 is 0.750 bits per heavy atom. The van der Waals surface area contributed by atoms with Crippen molar-refractivity contribution in [1.29, 1.82) is 0 Å². The van der Waals surface area contributed by atoms with Crippen LogP contribution in [0.4, 0.5) is 34.1 Å². The maximum Gasteiger partial charge on any atom is 0.0468 e. The summed E-state index contributed by atoms with van der Waals surface area (Å²) >= 11 is 0. The van der Waals surface area contributed by atoms with Crippen molar-refractivity contribution < 1.29 is 0 Å². The quantitative estimate of drug-likeness (QED) is 0.140. The van der Waals surface area contributed by atoms with Crippen molar-refractivity contribution in [2.75, 3.05) is 9.80 Å². The molecular weight excluding hydrogens is 821 g/mol. The summed E-state index contributed by atoms with van der Waals surface area (Å²) in [7, 11) is 0. The van der Waals surface area contributed by atoms with Gasteiger partial charge in [-0.15, -0.1) is 0 Å². The van der Waals surface area contributed by atoms with Crippen molar-refractivity contribution in [1.82, 2.24) is 0 Å². The van der Waals surface area contributed by atoms with Gasteiger partial charge in [0.15, 0.2) is 0 Å². The Bertz CT molecular complexity index is 3690. The lowest BCUT2D eigenvalue weighted by Gasteiger charge is -2.27. The van der Waals surface area contributed by atoms with Gasteiger partial charge >= 0.3 is 0 Å². The van der Waals surface area contributed by atoms with Gasteiger partial charge < -0.3 is 9.80 Å². The highest BCUT2D eigenvalue weighted by atomic mass is 15.1. The maximum absolute atomic E-state index is 2.38. The Kier molecular flexibility index (Phi) is 9.54. The number of hydrogen-bond acceptors (Lipinski definition) is 2. The number of fused-ring (bicyclic) bond motifs is 12. The summed E-state index contributed by atoms with van der Waals surface area (Å²) in [6, 6.07) is 97.4. The van der Waals surface area contributed by atoms with E-state index in [0.29, 0.717) is 0 Å². The van der Waals surface area contributed by atoms with E-state index in [9.17, 15) is 0 Å². The van der Waals surface area contributed by atoms with Gasteiger partial charge in [0.25, 0.3) is 0 Å². The summed E-state index contributed by atoms with van der Waals surface area (Å²) in [6.45, 7) is 0. The third kappa shape index (κ3) is 6.73. The second kappa shape index (κ2) is 16.5. The van der Waals surface area contributed by atoms with Crippen LogP contribution in [0.25, 0.3) is 86.9 Å². The summed E-state index contributed by atoms with van der Waals surface area (Å²) in [5, 5.41) is 15.2. The zero-order chi connectivity index (χ0) is 45.0. The Morgan fingerprint density at radius 2 is 0.412 bits per heavy atom. The van der Waals surface area contributed by atoms with Crippen LogP contribution in [0.2, 0.25) is 0 Å². The van der Waals surface area contributed by atoms with Crippen LogP contribution < -0.4 is 9.80 Å². The molecule has 0 amide bonds. The SMILES string of the molecule is c1ccc(N(c2cccc(-c3ccc(-c4cccc(N(c5ccccc5)c5ccc6c7ccccc7c7ccccc7c6c5)c4)cc3)c2)c2ccc3c4ccccc4c4ccccc4c3c2)cc1. The molecule has 0 aliphatic heterocycles. The number of nitrogens with zero attached hydrogens (tertiary/aromatic N) is 2. The molecule has 0 aliphatic carbocycles. The molecule has 13 aromatic rings. The smallest absolute Gasteiger partial charge is 0.0468 e. The third-order valence-electron chi connectivity index (χ3n) is 13.8. The molecule has 0 bridgehead atoms. The monoisotopic (exact) mass is 864 g/mol. The van der Waals surface area contributed by atoms with E-state index in [1.165, 1.54) is 64.6 Å². The second-order valence-corrected chi connectivity index (χ2v) is 17.7. The lowest BCUT2D eigenvalue weighted by atomic mass is 9.94. The van der Waals surface area contributed by atoms with Gasteiger partial charge in [0, 0.05) is 34.1 Å². The standard InChI is InChI=1S/C66H44N2/c1-3-19-49(20-4-1)67(53-37-39-63-59-29-9-7-25-55(59)57-27-11-13-31-61(57)65(63)43-53)51-23-15-17-47(41-51)45-33-35-46(36-34-45)48-18-16-24-52(42-48)68(50-21-5-2-6-22-50)54-38-40-64-60-30-10-8-26-56(60)58-28-12-14-32-62(58)66(64)44-54/h1-44H. The molecule has 0 saturated heterocycles. The van der Waals surface area contributed by atoms with Gasteiger partial charge in [-0.1, -0.05) is 194 Å². The Hall–Kier alpha value is -8.98. The molecule has 0 aromatic heterocycles. The van der Waals surface area contributed by atoms with Gasteiger partial charge in [0.1, 0.15) is 0 Å². The van der Waals surface area contributed by atoms with Gasteiger partial charge in [0.05, 0.1) is 0 Å². The van der Waals surface area contributed by atoms with E-state index in [2.05, 4.69) is 277 Å². The zero-order valence-electron chi connectivity index (χ0n) is 37.3. The molecule has 2 nitrogen and oxygen atoms in total. The van der Waals surface area contributed by atoms with Crippen LogP contribution in [-0.2, 0) is 0 Å². The summed E-state index contributed by atoms with van der Waals surface area (Å²) in [5.41, 5.74) is 11.3. The molecule has 318 valence electrons. The van der Waals surface area contributed by atoms with Gasteiger partial charge in [-0.2, -0.15) is 0 Å². The summed E-state index contributed by atoms with van der Waals surface area (Å²) in [6.07, 6.45) is 0. The van der Waals surface area contributed by atoms with Gasteiger partial charge in [0.2, 0.25) is 0 Å². The molecule has 2 heteroatoms. The average Bonchev–Trinajstić information content (AvgIpc) is 3.42. The lowest BCUT2D eigenvalue weighted by Crippen LogP contribution is -2.10. The van der Waals surface area contributed by atoms with E-state index >= 15 is 0 Å². The summed E-state index contributed by atoms with van der Waals surface area (Å²) in [5.74, 6) is 0. The van der Waals surface area contributed by atoms with Crippen molar-refractivity contribution in [2.24, 2.45) is 0 Å². The van der Waals surface area contributed by atoms with Crippen LogP contribution >= 0.6 is 0 Å². The van der Waals surface area contributed by atoms with E-state index in [1.807, 2.05) is 0 Å². The number of para-hydroxylation sites is 2. The highest BCUT2D eigenvalue weighted by Gasteiger charge is 2.18. The largest absolute Gasteiger partial charge is 0.310 e. The molecule has 0 radical (unpaired) electrons. The van der Waals surface area contributed by atoms with Gasteiger partial charge in [-0.25, -0.2) is 0 Å². The second-order valence-electron chi connectivity index (χ2n) is 17.7. The highest BCUT2D eigenvalue weighted by Crippen LogP contribution is 2.44. The van der Waals surface area contributed by atoms with Crippen LogP contribution in [-0.4, -0.2) is 0 Å². The van der Waals surface area contributed by atoms with E-state index < -0.39 is 0 Å². The van der Waals surface area contributed by atoms with Crippen LogP contribution in [0.5, 0.6) is 0 Å². The van der Waals surface area contributed by atoms with Crippen LogP contribution in [0.15, 0.2) is 267 Å². The fraction of sp³-hybridized carbons (Fsp3) is 0. The average molecular weight is 865 g/mol. The number of rotatable bonds is 8. The molecule has 68 heavy (non-hydrogen) atoms. The van der Waals surface area contributed by atoms with E-state index in [1.54, 1.807) is 0 Å². The molecule has 0 unspecified atom stereocenters. The molecule has 0 fully saturated rings. The highest BCUT2D eigenvalue weighted by molar-refractivity contribution is 6.27. The maximum atomic E-state index is 2.38. The van der Waals surface area contributed by atoms with Crippen molar-refractivity contribution in [3.05, 3.63) is 267 Å². The molecule has 13 aromatic carbocycles. The number of benzene rings is 13. The molecule has 0 N–H and O–H groups in total. The first-order valence-corrected chi connectivity index (χ1v) is 23.4. The molecule has 13 rings (SSSR count). The normalized spacial score (nSPS) is 11.5. The van der Waals surface area contributed by atoms with E-state index in [-0.39, 0.29) is 0 Å². The van der Waals surface area contributed by atoms with Crippen LogP contribution in [0.3, 0.4) is 0 Å². The van der Waals surface area contributed by atoms with Crippen LogP contribution in [0.1, 0.15) is 0 Å². The Balaban J connectivity index is 0.865. The first-order chi connectivity index (χ1) is 33.7. The molecule has 0 heterocycles. The van der Waals surface area contributed by atoms with Crippen molar-refractivity contribution in [2.45, 2.75) is 0 Å². The predicted octanol–water partition coefficient (Wildman–Crippen LogP) is 18.9. The lowest BCUT2D eigenvalue weighted by molar-refractivity contribution is 1.29. The topological polar surface area (TPSA) is 6.48 Å².